The molecular formula is C29H32N6O6. The van der Waals surface area contributed by atoms with Gasteiger partial charge in [0.2, 0.25) is 0 Å². The van der Waals surface area contributed by atoms with E-state index in [1.165, 1.54) is 7.11 Å². The molecule has 4 rings (SSSR count). The maximum absolute atomic E-state index is 12.4. The molecule has 0 aliphatic carbocycles. The van der Waals surface area contributed by atoms with E-state index in [1.807, 2.05) is 42.7 Å². The Morgan fingerprint density at radius 2 is 2.02 bits per heavy atom. The van der Waals surface area contributed by atoms with Crippen molar-refractivity contribution >= 4 is 29.1 Å². The van der Waals surface area contributed by atoms with Gasteiger partial charge in [-0.3, -0.25) is 5.43 Å². The quantitative estimate of drug-likeness (QED) is 0.121. The number of hydrogen-bond donors (Lipinski definition) is 4. The zero-order valence-electron chi connectivity index (χ0n) is 23.2. The van der Waals surface area contributed by atoms with Crippen molar-refractivity contribution in [3.8, 4) is 17.6 Å². The van der Waals surface area contributed by atoms with Crippen LogP contribution in [0, 0.1) is 18.3 Å². The minimum Gasteiger partial charge on any atom is -0.490 e. The number of benzene rings is 2. The van der Waals surface area contributed by atoms with Crippen LogP contribution in [0.5, 0.6) is 11.5 Å². The number of hydrogen-bond acceptors (Lipinski definition) is 9. The summed E-state index contributed by atoms with van der Waals surface area (Å²) in [5.74, 6) is 0.158. The second-order valence-corrected chi connectivity index (χ2v) is 9.18. The van der Waals surface area contributed by atoms with Crippen LogP contribution in [0.3, 0.4) is 0 Å². The number of aliphatic hydroxyl groups excluding tert-OH is 1. The lowest BCUT2D eigenvalue weighted by Crippen LogP contribution is -2.45. The Morgan fingerprint density at radius 3 is 2.76 bits per heavy atom. The van der Waals surface area contributed by atoms with E-state index in [-0.39, 0.29) is 18.7 Å². The molecule has 12 heteroatoms. The molecule has 0 spiro atoms. The first-order valence-electron chi connectivity index (χ1n) is 13.0. The van der Waals surface area contributed by atoms with Gasteiger partial charge in [-0.05, 0) is 44.5 Å². The Hall–Kier alpha value is -5.02. The number of allylic oxidation sites excluding steroid dienone is 1. The molecular weight excluding hydrogens is 528 g/mol. The standard InChI is InChI=1S/C29H32N6O6/c1-5-40-24-14-19(27-26(28(37)39-4)17(2)32-29(38)33-27)10-11-23(24)41-16-25(36)34-31-15-21-18(3)35(13-12-30)22-9-7-6-8-20(21)22/h6-11,14-15,25,27,34,36H,5,13,16H2,1-4H3,(H2,32,33,38)/b31-15+/t25-,27-/m1/s1. The Balaban J connectivity index is 1.47. The second-order valence-electron chi connectivity index (χ2n) is 9.18. The summed E-state index contributed by atoms with van der Waals surface area (Å²) in [7, 11) is 1.27. The molecule has 0 fully saturated rings. The van der Waals surface area contributed by atoms with Crippen molar-refractivity contribution in [2.45, 2.75) is 39.6 Å². The summed E-state index contributed by atoms with van der Waals surface area (Å²) < 4.78 is 18.4. The Bertz CT molecular complexity index is 1550. The third-order valence-electron chi connectivity index (χ3n) is 6.60. The second kappa shape index (κ2) is 12.9. The number of aliphatic hydroxyl groups is 1. The molecule has 2 amide bonds. The number of urea groups is 1. The van der Waals surface area contributed by atoms with Crippen LogP contribution in [-0.2, 0) is 16.1 Å². The van der Waals surface area contributed by atoms with E-state index in [4.69, 9.17) is 14.2 Å². The van der Waals surface area contributed by atoms with Crippen LogP contribution in [0.4, 0.5) is 4.79 Å². The van der Waals surface area contributed by atoms with Crippen LogP contribution in [0.15, 0.2) is 58.8 Å². The third-order valence-corrected chi connectivity index (χ3v) is 6.60. The third kappa shape index (κ3) is 6.26. The topological polar surface area (TPSA) is 159 Å². The lowest BCUT2D eigenvalue weighted by molar-refractivity contribution is -0.136. The van der Waals surface area contributed by atoms with Crippen molar-refractivity contribution in [1.29, 1.82) is 5.26 Å². The average molecular weight is 561 g/mol. The SMILES string of the molecule is CCOc1cc([C@H]2NC(=O)NC(C)=C2C(=O)OC)ccc1OC[C@@H](O)N/N=C/c1c(C)n(CC#N)c2ccccc12. The predicted octanol–water partition coefficient (Wildman–Crippen LogP) is 2.99. The van der Waals surface area contributed by atoms with E-state index >= 15 is 0 Å². The Morgan fingerprint density at radius 1 is 1.24 bits per heavy atom. The van der Waals surface area contributed by atoms with E-state index in [9.17, 15) is 20.0 Å². The lowest BCUT2D eigenvalue weighted by Gasteiger charge is -2.28. The fourth-order valence-corrected chi connectivity index (χ4v) is 4.71. The molecule has 1 aromatic heterocycles. The zero-order valence-corrected chi connectivity index (χ0v) is 23.2. The first-order chi connectivity index (χ1) is 19.8. The highest BCUT2D eigenvalue weighted by atomic mass is 16.5. The van der Waals surface area contributed by atoms with Crippen LogP contribution < -0.4 is 25.5 Å². The minimum absolute atomic E-state index is 0.150. The molecule has 1 aliphatic rings. The molecule has 12 nitrogen and oxygen atoms in total. The number of nitrogens with one attached hydrogen (secondary N) is 3. The fraction of sp³-hybridized carbons (Fsp3) is 0.310. The number of nitrogens with zero attached hydrogens (tertiary/aromatic N) is 3. The number of rotatable bonds is 11. The molecule has 0 radical (unpaired) electrons. The highest BCUT2D eigenvalue weighted by Gasteiger charge is 2.32. The number of methoxy groups -OCH3 is 1. The van der Waals surface area contributed by atoms with Gasteiger partial charge in [0.05, 0.1) is 37.6 Å². The van der Waals surface area contributed by atoms with Gasteiger partial charge in [0, 0.05) is 27.9 Å². The van der Waals surface area contributed by atoms with E-state index < -0.39 is 24.3 Å². The first-order valence-corrected chi connectivity index (χ1v) is 13.0. The number of ether oxygens (including phenoxy) is 3. The summed E-state index contributed by atoms with van der Waals surface area (Å²) in [5.41, 5.74) is 6.56. The zero-order chi connectivity index (χ0) is 29.5. The predicted molar refractivity (Wildman–Crippen MR) is 151 cm³/mol. The van der Waals surface area contributed by atoms with Gasteiger partial charge in [0.25, 0.3) is 0 Å². The van der Waals surface area contributed by atoms with Crippen molar-refractivity contribution in [3.05, 3.63) is 70.6 Å². The molecule has 214 valence electrons. The molecule has 0 saturated heterocycles. The van der Waals surface area contributed by atoms with Gasteiger partial charge >= 0.3 is 12.0 Å². The number of nitriles is 1. The molecule has 0 bridgehead atoms. The maximum atomic E-state index is 12.4. The van der Waals surface area contributed by atoms with Crippen molar-refractivity contribution in [1.82, 2.24) is 20.6 Å². The molecule has 41 heavy (non-hydrogen) atoms. The molecule has 3 aromatic rings. The van der Waals surface area contributed by atoms with Crippen molar-refractivity contribution in [2.24, 2.45) is 5.10 Å². The lowest BCUT2D eigenvalue weighted by atomic mass is 9.95. The normalized spacial score (nSPS) is 15.7. The fourth-order valence-electron chi connectivity index (χ4n) is 4.71. The molecule has 2 atom stereocenters. The number of esters is 1. The number of hydrazone groups is 1. The summed E-state index contributed by atoms with van der Waals surface area (Å²) in [4.78, 5) is 24.6. The van der Waals surface area contributed by atoms with Gasteiger partial charge in [0.15, 0.2) is 17.7 Å². The maximum Gasteiger partial charge on any atom is 0.337 e. The molecule has 0 saturated carbocycles. The average Bonchev–Trinajstić information content (AvgIpc) is 3.22. The van der Waals surface area contributed by atoms with Crippen molar-refractivity contribution in [3.63, 3.8) is 0 Å². The van der Waals surface area contributed by atoms with Gasteiger partial charge < -0.3 is 34.5 Å². The number of carbonyl (C=O) groups is 2. The van der Waals surface area contributed by atoms with Gasteiger partial charge in [-0.25, -0.2) is 9.59 Å². The number of carbonyl (C=O) groups excluding carboxylic acids is 2. The highest BCUT2D eigenvalue weighted by molar-refractivity contribution is 6.01. The van der Waals surface area contributed by atoms with Crippen LogP contribution >= 0.6 is 0 Å². The Kier molecular flexibility index (Phi) is 9.11. The molecule has 4 N–H and O–H groups in total. The van der Waals surface area contributed by atoms with Crippen LogP contribution in [-0.4, -0.2) is 54.4 Å². The highest BCUT2D eigenvalue weighted by Crippen LogP contribution is 2.35. The van der Waals surface area contributed by atoms with E-state index in [1.54, 1.807) is 31.3 Å². The van der Waals surface area contributed by atoms with Gasteiger partial charge in [-0.2, -0.15) is 10.4 Å². The van der Waals surface area contributed by atoms with Crippen LogP contribution in [0.25, 0.3) is 10.9 Å². The van der Waals surface area contributed by atoms with Gasteiger partial charge in [-0.1, -0.05) is 24.3 Å². The Labute approximate surface area is 237 Å². The number of para-hydroxylation sites is 1. The minimum atomic E-state index is -1.15. The van der Waals surface area contributed by atoms with E-state index in [2.05, 4.69) is 27.2 Å². The molecule has 2 aromatic carbocycles. The number of fused-ring (bicyclic) bond motifs is 1. The molecule has 1 aliphatic heterocycles. The molecule has 2 heterocycles. The van der Waals surface area contributed by atoms with E-state index in [0.29, 0.717) is 29.4 Å². The number of amides is 2. The largest absolute Gasteiger partial charge is 0.490 e. The van der Waals surface area contributed by atoms with Crippen molar-refractivity contribution in [2.75, 3.05) is 20.3 Å². The number of aromatic nitrogens is 1. The monoisotopic (exact) mass is 560 g/mol. The summed E-state index contributed by atoms with van der Waals surface area (Å²) in [6.45, 7) is 5.75. The van der Waals surface area contributed by atoms with Gasteiger partial charge in [0.1, 0.15) is 13.2 Å². The van der Waals surface area contributed by atoms with Crippen LogP contribution in [0.1, 0.15) is 36.7 Å². The summed E-state index contributed by atoms with van der Waals surface area (Å²) in [6.07, 6.45) is 0.463. The van der Waals surface area contributed by atoms with Crippen LogP contribution in [0.2, 0.25) is 0 Å². The van der Waals surface area contributed by atoms with E-state index in [0.717, 1.165) is 22.2 Å². The van der Waals surface area contributed by atoms with Gasteiger partial charge in [-0.15, -0.1) is 0 Å². The first kappa shape index (κ1) is 29.0. The smallest absolute Gasteiger partial charge is 0.337 e. The molecule has 0 unspecified atom stereocenters. The summed E-state index contributed by atoms with van der Waals surface area (Å²) in [6, 6.07) is 13.7. The summed E-state index contributed by atoms with van der Waals surface area (Å²) >= 11 is 0. The summed E-state index contributed by atoms with van der Waals surface area (Å²) in [5, 5.41) is 30.1. The van der Waals surface area contributed by atoms with Crippen molar-refractivity contribution < 1.29 is 28.9 Å².